The number of allylic oxidation sites excluding steroid dienone is 1. The standard InChI is InChI=1S/C24H28O3/c1-3-18(2)22(15-16-25)24(27)14-13-20(19-9-5-4-6-10-19)17-21-11-7-8-12-23(21)26/h4-12,15,17,24-27H,2-3,13-14,16H2,1H3/b20-17-,22-15-. The Morgan fingerprint density at radius 2 is 1.74 bits per heavy atom. The Balaban J connectivity index is 2.27. The van der Waals surface area contributed by atoms with Gasteiger partial charge in [-0.3, -0.25) is 0 Å². The number of aromatic hydroxyl groups is 1. The molecule has 0 aliphatic heterocycles. The third-order valence-corrected chi connectivity index (χ3v) is 4.60. The zero-order chi connectivity index (χ0) is 19.6. The molecule has 0 heterocycles. The predicted octanol–water partition coefficient (Wildman–Crippen LogP) is 4.96. The molecule has 0 fully saturated rings. The third-order valence-electron chi connectivity index (χ3n) is 4.60. The molecular weight excluding hydrogens is 336 g/mol. The number of hydrogen-bond acceptors (Lipinski definition) is 3. The summed E-state index contributed by atoms with van der Waals surface area (Å²) in [5, 5.41) is 30.0. The molecule has 0 spiro atoms. The van der Waals surface area contributed by atoms with Crippen molar-refractivity contribution in [1.29, 1.82) is 0 Å². The lowest BCUT2D eigenvalue weighted by molar-refractivity contribution is 0.202. The van der Waals surface area contributed by atoms with Gasteiger partial charge in [-0.2, -0.15) is 0 Å². The van der Waals surface area contributed by atoms with Gasteiger partial charge in [-0.05, 0) is 53.7 Å². The first kappa shape index (κ1) is 20.7. The number of rotatable bonds is 9. The van der Waals surface area contributed by atoms with Crippen molar-refractivity contribution in [3.8, 4) is 5.75 Å². The van der Waals surface area contributed by atoms with E-state index in [-0.39, 0.29) is 12.4 Å². The molecule has 3 N–H and O–H groups in total. The number of aliphatic hydroxyl groups is 2. The minimum atomic E-state index is -0.693. The van der Waals surface area contributed by atoms with Gasteiger partial charge in [0.1, 0.15) is 5.75 Å². The molecule has 1 unspecified atom stereocenters. The van der Waals surface area contributed by atoms with Crippen LogP contribution < -0.4 is 0 Å². The fourth-order valence-electron chi connectivity index (χ4n) is 3.02. The van der Waals surface area contributed by atoms with Crippen LogP contribution in [0.25, 0.3) is 11.6 Å². The molecule has 27 heavy (non-hydrogen) atoms. The maximum absolute atomic E-state index is 10.6. The van der Waals surface area contributed by atoms with Gasteiger partial charge in [-0.1, -0.05) is 68.1 Å². The van der Waals surface area contributed by atoms with E-state index in [4.69, 9.17) is 0 Å². The van der Waals surface area contributed by atoms with E-state index in [1.807, 2.05) is 55.5 Å². The molecule has 3 heteroatoms. The van der Waals surface area contributed by atoms with Gasteiger partial charge < -0.3 is 15.3 Å². The zero-order valence-corrected chi connectivity index (χ0v) is 15.8. The summed E-state index contributed by atoms with van der Waals surface area (Å²) in [6.45, 7) is 5.85. The molecule has 0 bridgehead atoms. The average Bonchev–Trinajstić information content (AvgIpc) is 2.70. The Morgan fingerprint density at radius 1 is 1.07 bits per heavy atom. The molecular formula is C24H28O3. The normalized spacial score (nSPS) is 13.4. The van der Waals surface area contributed by atoms with Crippen molar-refractivity contribution < 1.29 is 15.3 Å². The van der Waals surface area contributed by atoms with E-state index in [2.05, 4.69) is 6.58 Å². The van der Waals surface area contributed by atoms with Crippen molar-refractivity contribution >= 4 is 11.6 Å². The van der Waals surface area contributed by atoms with Crippen LogP contribution >= 0.6 is 0 Å². The van der Waals surface area contributed by atoms with Crippen LogP contribution in [0.2, 0.25) is 0 Å². The molecule has 2 aromatic carbocycles. The van der Waals surface area contributed by atoms with Gasteiger partial charge in [-0.15, -0.1) is 0 Å². The van der Waals surface area contributed by atoms with Crippen LogP contribution in [0.5, 0.6) is 5.75 Å². The van der Waals surface area contributed by atoms with Crippen LogP contribution in [0.3, 0.4) is 0 Å². The highest BCUT2D eigenvalue weighted by atomic mass is 16.3. The topological polar surface area (TPSA) is 60.7 Å². The van der Waals surface area contributed by atoms with E-state index >= 15 is 0 Å². The molecule has 1 atom stereocenters. The number of hydrogen-bond donors (Lipinski definition) is 3. The van der Waals surface area contributed by atoms with Crippen LogP contribution in [-0.4, -0.2) is 28.0 Å². The zero-order valence-electron chi connectivity index (χ0n) is 15.8. The Morgan fingerprint density at radius 3 is 2.37 bits per heavy atom. The largest absolute Gasteiger partial charge is 0.507 e. The van der Waals surface area contributed by atoms with E-state index in [9.17, 15) is 15.3 Å². The van der Waals surface area contributed by atoms with Crippen molar-refractivity contribution in [3.63, 3.8) is 0 Å². The summed E-state index contributed by atoms with van der Waals surface area (Å²) in [7, 11) is 0. The molecule has 0 amide bonds. The summed E-state index contributed by atoms with van der Waals surface area (Å²) in [5.41, 5.74) is 4.36. The van der Waals surface area contributed by atoms with Gasteiger partial charge in [0.2, 0.25) is 0 Å². The second-order valence-corrected chi connectivity index (χ2v) is 6.45. The van der Waals surface area contributed by atoms with Crippen LogP contribution in [0.1, 0.15) is 37.3 Å². The average molecular weight is 364 g/mol. The fourth-order valence-corrected chi connectivity index (χ4v) is 3.02. The summed E-state index contributed by atoms with van der Waals surface area (Å²) in [6.07, 6.45) is 4.74. The fraction of sp³-hybridized carbons (Fsp3) is 0.250. The third kappa shape index (κ3) is 5.95. The summed E-state index contributed by atoms with van der Waals surface area (Å²) in [4.78, 5) is 0. The van der Waals surface area contributed by atoms with Crippen LogP contribution in [0.4, 0.5) is 0 Å². The molecule has 0 aliphatic rings. The van der Waals surface area contributed by atoms with Crippen LogP contribution in [0, 0.1) is 0 Å². The molecule has 0 saturated heterocycles. The Hall–Kier alpha value is -2.62. The lowest BCUT2D eigenvalue weighted by Crippen LogP contribution is -2.13. The molecule has 0 aromatic heterocycles. The van der Waals surface area contributed by atoms with Gasteiger partial charge in [0.25, 0.3) is 0 Å². The van der Waals surface area contributed by atoms with E-state index in [1.165, 1.54) is 0 Å². The van der Waals surface area contributed by atoms with Crippen LogP contribution in [-0.2, 0) is 0 Å². The van der Waals surface area contributed by atoms with E-state index in [0.717, 1.165) is 28.7 Å². The number of aliphatic hydroxyl groups excluding tert-OH is 2. The Labute approximate surface area is 161 Å². The lowest BCUT2D eigenvalue weighted by atomic mass is 9.92. The number of benzene rings is 2. The highest BCUT2D eigenvalue weighted by Gasteiger charge is 2.14. The molecule has 2 rings (SSSR count). The Kier molecular flexibility index (Phi) is 8.05. The minimum absolute atomic E-state index is 0.120. The van der Waals surface area contributed by atoms with Crippen molar-refractivity contribution in [2.24, 2.45) is 0 Å². The molecule has 3 nitrogen and oxygen atoms in total. The highest BCUT2D eigenvalue weighted by molar-refractivity contribution is 5.83. The minimum Gasteiger partial charge on any atom is -0.507 e. The molecule has 0 saturated carbocycles. The highest BCUT2D eigenvalue weighted by Crippen LogP contribution is 2.29. The maximum Gasteiger partial charge on any atom is 0.122 e. The van der Waals surface area contributed by atoms with Crippen molar-refractivity contribution in [1.82, 2.24) is 0 Å². The number of phenolic OH excluding ortho intramolecular Hbond substituents is 1. The smallest absolute Gasteiger partial charge is 0.122 e. The monoisotopic (exact) mass is 364 g/mol. The van der Waals surface area contributed by atoms with Gasteiger partial charge in [0.15, 0.2) is 0 Å². The summed E-state index contributed by atoms with van der Waals surface area (Å²) >= 11 is 0. The van der Waals surface area contributed by atoms with Crippen molar-refractivity contribution in [3.05, 3.63) is 89.5 Å². The van der Waals surface area contributed by atoms with E-state index < -0.39 is 6.10 Å². The quantitative estimate of drug-likeness (QED) is 0.435. The van der Waals surface area contributed by atoms with Crippen molar-refractivity contribution in [2.45, 2.75) is 32.3 Å². The number of phenols is 1. The lowest BCUT2D eigenvalue weighted by Gasteiger charge is -2.18. The van der Waals surface area contributed by atoms with Gasteiger partial charge in [0.05, 0.1) is 12.7 Å². The van der Waals surface area contributed by atoms with E-state index in [1.54, 1.807) is 18.2 Å². The molecule has 2 aromatic rings. The molecule has 0 radical (unpaired) electrons. The van der Waals surface area contributed by atoms with Gasteiger partial charge in [0, 0.05) is 5.56 Å². The van der Waals surface area contributed by atoms with Crippen molar-refractivity contribution in [2.75, 3.05) is 6.61 Å². The summed E-state index contributed by atoms with van der Waals surface area (Å²) < 4.78 is 0. The molecule has 0 aliphatic carbocycles. The van der Waals surface area contributed by atoms with E-state index in [0.29, 0.717) is 18.4 Å². The summed E-state index contributed by atoms with van der Waals surface area (Å²) in [5.74, 6) is 0.228. The first-order valence-electron chi connectivity index (χ1n) is 9.28. The second kappa shape index (κ2) is 10.5. The molecule has 142 valence electrons. The first-order chi connectivity index (χ1) is 13.1. The SMILES string of the molecule is C=C(CC)/C(=C/CO)C(O)CC/C(=C/c1ccccc1O)c1ccccc1. The van der Waals surface area contributed by atoms with Gasteiger partial charge in [-0.25, -0.2) is 0 Å². The maximum atomic E-state index is 10.6. The first-order valence-corrected chi connectivity index (χ1v) is 9.28. The Bertz CT molecular complexity index is 803. The van der Waals surface area contributed by atoms with Gasteiger partial charge >= 0.3 is 0 Å². The predicted molar refractivity (Wildman–Crippen MR) is 112 cm³/mol. The summed E-state index contributed by atoms with van der Waals surface area (Å²) in [6, 6.07) is 17.2. The number of para-hydroxylation sites is 1. The second-order valence-electron chi connectivity index (χ2n) is 6.45. The van der Waals surface area contributed by atoms with Crippen LogP contribution in [0.15, 0.2) is 78.4 Å².